The summed E-state index contributed by atoms with van der Waals surface area (Å²) in [5.41, 5.74) is 1.52. The molecule has 10 heteroatoms. The van der Waals surface area contributed by atoms with Crippen LogP contribution in [0.15, 0.2) is 56.3 Å². The first-order valence-electron chi connectivity index (χ1n) is 8.07. The highest BCUT2D eigenvalue weighted by Crippen LogP contribution is 2.26. The monoisotopic (exact) mass is 533 g/mol. The van der Waals surface area contributed by atoms with Crippen molar-refractivity contribution in [2.75, 3.05) is 36.9 Å². The van der Waals surface area contributed by atoms with Crippen molar-refractivity contribution in [3.8, 4) is 0 Å². The summed E-state index contributed by atoms with van der Waals surface area (Å²) in [6.07, 6.45) is 0. The number of anilines is 2. The number of hydrogen-bond donors (Lipinski definition) is 2. The van der Waals surface area contributed by atoms with Gasteiger partial charge in [0.2, 0.25) is 10.0 Å². The molecule has 0 atom stereocenters. The van der Waals surface area contributed by atoms with Crippen molar-refractivity contribution >= 4 is 70.6 Å². The molecule has 0 radical (unpaired) electrons. The minimum atomic E-state index is -3.50. The van der Waals surface area contributed by atoms with Gasteiger partial charge in [0.25, 0.3) is 0 Å². The Balaban J connectivity index is 1.65. The molecule has 27 heavy (non-hydrogen) atoms. The highest BCUT2D eigenvalue weighted by molar-refractivity contribution is 9.11. The maximum Gasteiger partial charge on any atom is 0.243 e. The summed E-state index contributed by atoms with van der Waals surface area (Å²) in [6, 6.07) is 12.2. The van der Waals surface area contributed by atoms with Crippen LogP contribution in [0.25, 0.3) is 0 Å². The lowest BCUT2D eigenvalue weighted by molar-refractivity contribution is 0.0730. The van der Waals surface area contributed by atoms with E-state index in [-0.39, 0.29) is 4.90 Å². The second-order valence-corrected chi connectivity index (χ2v) is 9.86. The third-order valence-corrected chi connectivity index (χ3v) is 7.17. The van der Waals surface area contributed by atoms with Gasteiger partial charge in [0, 0.05) is 27.7 Å². The van der Waals surface area contributed by atoms with Gasteiger partial charge in [-0.15, -0.1) is 0 Å². The van der Waals surface area contributed by atoms with Crippen LogP contribution >= 0.6 is 44.1 Å². The molecule has 0 aromatic heterocycles. The van der Waals surface area contributed by atoms with E-state index < -0.39 is 10.0 Å². The van der Waals surface area contributed by atoms with E-state index in [1.165, 1.54) is 4.31 Å². The summed E-state index contributed by atoms with van der Waals surface area (Å²) in [6.45, 7) is 1.59. The maximum absolute atomic E-state index is 12.6. The Morgan fingerprint density at radius 1 is 1.04 bits per heavy atom. The van der Waals surface area contributed by atoms with Crippen LogP contribution in [0.2, 0.25) is 0 Å². The Morgan fingerprint density at radius 2 is 1.70 bits per heavy atom. The summed E-state index contributed by atoms with van der Waals surface area (Å²) >= 11 is 12.2. The zero-order valence-corrected chi connectivity index (χ0v) is 18.9. The molecule has 2 aromatic carbocycles. The van der Waals surface area contributed by atoms with Crippen molar-refractivity contribution in [2.45, 2.75) is 4.90 Å². The molecular formula is C17H17Br2N3O3S2. The topological polar surface area (TPSA) is 70.7 Å². The van der Waals surface area contributed by atoms with Gasteiger partial charge in [0.05, 0.1) is 23.8 Å². The Bertz CT molecular complexity index is 931. The van der Waals surface area contributed by atoms with Crippen molar-refractivity contribution in [2.24, 2.45) is 0 Å². The summed E-state index contributed by atoms with van der Waals surface area (Å²) in [4.78, 5) is 0.254. The Labute approximate surface area is 180 Å². The van der Waals surface area contributed by atoms with E-state index in [0.717, 1.165) is 14.6 Å². The predicted octanol–water partition coefficient (Wildman–Crippen LogP) is 4.04. The molecule has 0 saturated carbocycles. The minimum Gasteiger partial charge on any atom is -0.379 e. The van der Waals surface area contributed by atoms with Crippen molar-refractivity contribution in [1.82, 2.24) is 4.31 Å². The van der Waals surface area contributed by atoms with E-state index in [1.807, 2.05) is 18.2 Å². The molecule has 0 aliphatic carbocycles. The third kappa shape index (κ3) is 5.27. The molecule has 1 saturated heterocycles. The van der Waals surface area contributed by atoms with Gasteiger partial charge in [-0.3, -0.25) is 0 Å². The van der Waals surface area contributed by atoms with Crippen LogP contribution in [0.4, 0.5) is 11.4 Å². The molecule has 3 rings (SSSR count). The number of benzene rings is 2. The zero-order chi connectivity index (χ0) is 19.4. The molecule has 0 bridgehead atoms. The highest BCUT2D eigenvalue weighted by atomic mass is 79.9. The number of rotatable bonds is 4. The number of halogens is 2. The molecule has 2 N–H and O–H groups in total. The fourth-order valence-corrected chi connectivity index (χ4v) is 5.30. The van der Waals surface area contributed by atoms with Gasteiger partial charge in [0.1, 0.15) is 0 Å². The number of ether oxygens (including phenoxy) is 1. The van der Waals surface area contributed by atoms with Gasteiger partial charge in [-0.05, 0) is 70.6 Å². The van der Waals surface area contributed by atoms with E-state index in [4.69, 9.17) is 17.0 Å². The average Bonchev–Trinajstić information content (AvgIpc) is 2.65. The molecule has 0 spiro atoms. The first-order chi connectivity index (χ1) is 12.9. The summed E-state index contributed by atoms with van der Waals surface area (Å²) < 4.78 is 33.7. The van der Waals surface area contributed by atoms with Crippen LogP contribution in [-0.4, -0.2) is 44.1 Å². The molecule has 1 fully saturated rings. The smallest absolute Gasteiger partial charge is 0.243 e. The fourth-order valence-electron chi connectivity index (χ4n) is 2.52. The Hall–Kier alpha value is -1.04. The van der Waals surface area contributed by atoms with Crippen LogP contribution in [0.1, 0.15) is 0 Å². The average molecular weight is 535 g/mol. The molecule has 144 valence electrons. The van der Waals surface area contributed by atoms with Gasteiger partial charge in [-0.25, -0.2) is 8.42 Å². The predicted molar refractivity (Wildman–Crippen MR) is 118 cm³/mol. The van der Waals surface area contributed by atoms with Crippen molar-refractivity contribution < 1.29 is 13.2 Å². The van der Waals surface area contributed by atoms with Crippen LogP contribution in [0, 0.1) is 0 Å². The van der Waals surface area contributed by atoms with E-state index in [9.17, 15) is 8.42 Å². The molecule has 6 nitrogen and oxygen atoms in total. The largest absolute Gasteiger partial charge is 0.379 e. The van der Waals surface area contributed by atoms with Gasteiger partial charge in [-0.1, -0.05) is 15.9 Å². The van der Waals surface area contributed by atoms with E-state index in [0.29, 0.717) is 37.1 Å². The second kappa shape index (κ2) is 8.97. The van der Waals surface area contributed by atoms with E-state index in [1.54, 1.807) is 24.3 Å². The Morgan fingerprint density at radius 3 is 2.33 bits per heavy atom. The molecule has 0 amide bonds. The summed E-state index contributed by atoms with van der Waals surface area (Å²) in [7, 11) is -3.50. The maximum atomic E-state index is 12.6. The normalized spacial score (nSPS) is 15.3. The first-order valence-corrected chi connectivity index (χ1v) is 11.5. The lowest BCUT2D eigenvalue weighted by atomic mass is 10.3. The van der Waals surface area contributed by atoms with Crippen LogP contribution in [0.3, 0.4) is 0 Å². The van der Waals surface area contributed by atoms with Crippen molar-refractivity contribution in [3.05, 3.63) is 51.4 Å². The molecular weight excluding hydrogens is 518 g/mol. The summed E-state index contributed by atoms with van der Waals surface area (Å²) in [5, 5.41) is 6.55. The van der Waals surface area contributed by atoms with Gasteiger partial charge >= 0.3 is 0 Å². The molecule has 1 aliphatic heterocycles. The molecule has 2 aromatic rings. The Kier molecular flexibility index (Phi) is 6.88. The summed E-state index contributed by atoms with van der Waals surface area (Å²) in [5.74, 6) is 0. The van der Waals surface area contributed by atoms with Crippen molar-refractivity contribution in [3.63, 3.8) is 0 Å². The minimum absolute atomic E-state index is 0.254. The highest BCUT2D eigenvalue weighted by Gasteiger charge is 2.26. The third-order valence-electron chi connectivity index (χ3n) is 3.90. The lowest BCUT2D eigenvalue weighted by Crippen LogP contribution is -2.40. The van der Waals surface area contributed by atoms with Gasteiger partial charge in [0.15, 0.2) is 5.11 Å². The number of hydrogen-bond acceptors (Lipinski definition) is 4. The number of nitrogens with one attached hydrogen (secondary N) is 2. The van der Waals surface area contributed by atoms with Crippen molar-refractivity contribution in [1.29, 1.82) is 0 Å². The quantitative estimate of drug-likeness (QED) is 0.577. The molecule has 1 aliphatic rings. The fraction of sp³-hybridized carbons (Fsp3) is 0.235. The first kappa shape index (κ1) is 20.7. The van der Waals surface area contributed by atoms with Gasteiger partial charge in [-0.2, -0.15) is 4.31 Å². The van der Waals surface area contributed by atoms with Crippen LogP contribution in [0.5, 0.6) is 0 Å². The number of morpholine rings is 1. The number of thiocarbonyl (C=S) groups is 1. The van der Waals surface area contributed by atoms with E-state index >= 15 is 0 Å². The van der Waals surface area contributed by atoms with E-state index in [2.05, 4.69) is 42.5 Å². The van der Waals surface area contributed by atoms with Crippen LogP contribution in [-0.2, 0) is 14.8 Å². The standard InChI is InChI=1S/C17H17Br2N3O3S2/c18-12-1-6-16(15(19)11-12)21-17(26)20-13-2-4-14(5-3-13)27(23,24)22-7-9-25-10-8-22/h1-6,11H,7-10H2,(H2,20,21,26). The molecule has 1 heterocycles. The lowest BCUT2D eigenvalue weighted by Gasteiger charge is -2.26. The molecule has 0 unspecified atom stereocenters. The number of sulfonamides is 1. The SMILES string of the molecule is O=S(=O)(c1ccc(NC(=S)Nc2ccc(Br)cc2Br)cc1)N1CCOCC1. The zero-order valence-electron chi connectivity index (χ0n) is 14.1. The number of nitrogens with zero attached hydrogens (tertiary/aromatic N) is 1. The van der Waals surface area contributed by atoms with Gasteiger partial charge < -0.3 is 15.4 Å². The second-order valence-electron chi connectivity index (χ2n) is 5.74. The van der Waals surface area contributed by atoms with Crippen LogP contribution < -0.4 is 10.6 Å².